The van der Waals surface area contributed by atoms with Gasteiger partial charge < -0.3 is 15.7 Å². The Bertz CT molecular complexity index is 455. The van der Waals surface area contributed by atoms with Crippen molar-refractivity contribution in [3.8, 4) is 0 Å². The number of carbonyl (C=O) groups is 1. The molecule has 2 atom stereocenters. The normalized spacial score (nSPS) is 19.1. The van der Waals surface area contributed by atoms with Gasteiger partial charge in [0.25, 0.3) is 0 Å². The molecule has 110 valence electrons. The molecule has 0 radical (unpaired) electrons. The molecule has 0 aromatic heterocycles. The van der Waals surface area contributed by atoms with Crippen molar-refractivity contribution in [3.05, 3.63) is 29.8 Å². The summed E-state index contributed by atoms with van der Waals surface area (Å²) in [4.78, 5) is 12.4. The molecule has 1 aliphatic heterocycles. The van der Waals surface area contributed by atoms with E-state index in [1.54, 1.807) is 0 Å². The maximum atomic E-state index is 12.4. The fourth-order valence-electron chi connectivity index (χ4n) is 2.58. The number of fused-ring (bicyclic) bond motifs is 1. The first-order chi connectivity index (χ1) is 9.41. The predicted molar refractivity (Wildman–Crippen MR) is 80.6 cm³/mol. The Balaban J connectivity index is 1.99. The number of benzene rings is 1. The highest BCUT2D eigenvalue weighted by molar-refractivity contribution is 5.87. The summed E-state index contributed by atoms with van der Waals surface area (Å²) in [6.07, 6.45) is 1.30. The predicted octanol–water partition coefficient (Wildman–Crippen LogP) is 1.94. The van der Waals surface area contributed by atoms with Crippen LogP contribution in [-0.4, -0.2) is 29.7 Å². The van der Waals surface area contributed by atoms with Crippen molar-refractivity contribution in [3.63, 3.8) is 0 Å². The number of anilines is 1. The molecule has 1 aliphatic rings. The van der Waals surface area contributed by atoms with Gasteiger partial charge in [-0.2, -0.15) is 0 Å². The third-order valence-corrected chi connectivity index (χ3v) is 3.87. The summed E-state index contributed by atoms with van der Waals surface area (Å²) in [5.74, 6) is 0.00887. The van der Waals surface area contributed by atoms with E-state index in [1.807, 2.05) is 24.3 Å². The zero-order valence-corrected chi connectivity index (χ0v) is 12.4. The molecular weight excluding hydrogens is 252 g/mol. The molecule has 4 nitrogen and oxygen atoms in total. The monoisotopic (exact) mass is 276 g/mol. The Morgan fingerprint density at radius 2 is 2.15 bits per heavy atom. The highest BCUT2D eigenvalue weighted by Gasteiger charge is 2.31. The standard InChI is InChI=1S/C16H24N2O2/c1-16(2,3)14(8-9-19)18-15(20)13-10-11-6-4-5-7-12(11)17-13/h4-7,13-14,17,19H,8-10H2,1-3H3,(H,18,20). The summed E-state index contributed by atoms with van der Waals surface area (Å²) < 4.78 is 0. The zero-order valence-electron chi connectivity index (χ0n) is 12.4. The van der Waals surface area contributed by atoms with Crippen LogP contribution in [0.3, 0.4) is 0 Å². The lowest BCUT2D eigenvalue weighted by molar-refractivity contribution is -0.123. The van der Waals surface area contributed by atoms with Gasteiger partial charge >= 0.3 is 0 Å². The molecule has 0 saturated carbocycles. The first kappa shape index (κ1) is 14.9. The van der Waals surface area contributed by atoms with Crippen LogP contribution in [-0.2, 0) is 11.2 Å². The average molecular weight is 276 g/mol. The molecule has 1 amide bonds. The number of amides is 1. The first-order valence-corrected chi connectivity index (χ1v) is 7.17. The highest BCUT2D eigenvalue weighted by atomic mass is 16.3. The van der Waals surface area contributed by atoms with Crippen LogP contribution in [0.4, 0.5) is 5.69 Å². The lowest BCUT2D eigenvalue weighted by atomic mass is 9.84. The van der Waals surface area contributed by atoms with E-state index in [4.69, 9.17) is 5.11 Å². The smallest absolute Gasteiger partial charge is 0.243 e. The van der Waals surface area contributed by atoms with Crippen LogP contribution < -0.4 is 10.6 Å². The van der Waals surface area contributed by atoms with Gasteiger partial charge in [0.2, 0.25) is 5.91 Å². The summed E-state index contributed by atoms with van der Waals surface area (Å²) in [6, 6.07) is 7.77. The molecule has 3 N–H and O–H groups in total. The Morgan fingerprint density at radius 1 is 1.45 bits per heavy atom. The Hall–Kier alpha value is -1.55. The molecule has 0 fully saturated rings. The molecule has 4 heteroatoms. The van der Waals surface area contributed by atoms with E-state index in [0.717, 1.165) is 12.1 Å². The van der Waals surface area contributed by atoms with E-state index >= 15 is 0 Å². The molecule has 0 saturated heterocycles. The van der Waals surface area contributed by atoms with Crippen molar-refractivity contribution in [2.45, 2.75) is 45.7 Å². The van der Waals surface area contributed by atoms with Crippen molar-refractivity contribution in [2.75, 3.05) is 11.9 Å². The van der Waals surface area contributed by atoms with Crippen LogP contribution in [0, 0.1) is 5.41 Å². The lowest BCUT2D eigenvalue weighted by Gasteiger charge is -2.32. The van der Waals surface area contributed by atoms with Gasteiger partial charge in [0.1, 0.15) is 6.04 Å². The van der Waals surface area contributed by atoms with E-state index in [9.17, 15) is 4.79 Å². The molecule has 1 aromatic carbocycles. The van der Waals surface area contributed by atoms with Gasteiger partial charge in [-0.1, -0.05) is 39.0 Å². The minimum absolute atomic E-state index is 0.00887. The minimum atomic E-state index is -0.212. The van der Waals surface area contributed by atoms with E-state index in [-0.39, 0.29) is 30.0 Å². The van der Waals surface area contributed by atoms with E-state index in [1.165, 1.54) is 5.56 Å². The summed E-state index contributed by atoms with van der Waals surface area (Å²) in [5, 5.41) is 15.5. The van der Waals surface area contributed by atoms with Gasteiger partial charge in [-0.3, -0.25) is 4.79 Å². The second-order valence-electron chi connectivity index (χ2n) is 6.50. The van der Waals surface area contributed by atoms with Crippen molar-refractivity contribution in [1.29, 1.82) is 0 Å². The number of hydrogen-bond acceptors (Lipinski definition) is 3. The van der Waals surface area contributed by atoms with Gasteiger partial charge in [0.15, 0.2) is 0 Å². The quantitative estimate of drug-likeness (QED) is 0.787. The molecule has 0 aliphatic carbocycles. The van der Waals surface area contributed by atoms with Crippen LogP contribution in [0.15, 0.2) is 24.3 Å². The highest BCUT2D eigenvalue weighted by Crippen LogP contribution is 2.26. The Kier molecular flexibility index (Phi) is 4.33. The number of aliphatic hydroxyl groups is 1. The molecular formula is C16H24N2O2. The molecule has 0 bridgehead atoms. The number of nitrogens with one attached hydrogen (secondary N) is 2. The number of carbonyl (C=O) groups excluding carboxylic acids is 1. The topological polar surface area (TPSA) is 61.4 Å². The second kappa shape index (κ2) is 5.83. The zero-order chi connectivity index (χ0) is 14.8. The largest absolute Gasteiger partial charge is 0.396 e. The van der Waals surface area contributed by atoms with Gasteiger partial charge in [-0.25, -0.2) is 0 Å². The summed E-state index contributed by atoms with van der Waals surface area (Å²) in [6.45, 7) is 6.31. The summed E-state index contributed by atoms with van der Waals surface area (Å²) in [7, 11) is 0. The number of hydrogen-bond donors (Lipinski definition) is 3. The molecule has 2 rings (SSSR count). The van der Waals surface area contributed by atoms with Crippen molar-refractivity contribution < 1.29 is 9.90 Å². The Morgan fingerprint density at radius 3 is 2.75 bits per heavy atom. The van der Waals surface area contributed by atoms with Gasteiger partial charge in [-0.15, -0.1) is 0 Å². The van der Waals surface area contributed by atoms with Crippen LogP contribution >= 0.6 is 0 Å². The molecule has 1 heterocycles. The Labute approximate surface area is 120 Å². The fourth-order valence-corrected chi connectivity index (χ4v) is 2.58. The van der Waals surface area contributed by atoms with Crippen molar-refractivity contribution in [2.24, 2.45) is 5.41 Å². The van der Waals surface area contributed by atoms with E-state index < -0.39 is 0 Å². The van der Waals surface area contributed by atoms with Gasteiger partial charge in [0, 0.05) is 24.8 Å². The molecule has 1 aromatic rings. The molecule has 20 heavy (non-hydrogen) atoms. The number of para-hydroxylation sites is 1. The van der Waals surface area contributed by atoms with Gasteiger partial charge in [-0.05, 0) is 23.5 Å². The van der Waals surface area contributed by atoms with Crippen molar-refractivity contribution >= 4 is 11.6 Å². The summed E-state index contributed by atoms with van der Waals surface area (Å²) >= 11 is 0. The maximum Gasteiger partial charge on any atom is 0.243 e. The third-order valence-electron chi connectivity index (χ3n) is 3.87. The van der Waals surface area contributed by atoms with E-state index in [0.29, 0.717) is 6.42 Å². The van der Waals surface area contributed by atoms with Crippen LogP contribution in [0.1, 0.15) is 32.8 Å². The maximum absolute atomic E-state index is 12.4. The van der Waals surface area contributed by atoms with Crippen LogP contribution in [0.5, 0.6) is 0 Å². The SMILES string of the molecule is CC(C)(C)C(CCO)NC(=O)C1Cc2ccccc2N1. The average Bonchev–Trinajstić information content (AvgIpc) is 2.80. The second-order valence-corrected chi connectivity index (χ2v) is 6.50. The third kappa shape index (κ3) is 3.31. The van der Waals surface area contributed by atoms with Crippen LogP contribution in [0.25, 0.3) is 0 Å². The number of rotatable bonds is 4. The molecule has 0 spiro atoms. The lowest BCUT2D eigenvalue weighted by Crippen LogP contribution is -2.49. The number of aliphatic hydroxyl groups excluding tert-OH is 1. The summed E-state index contributed by atoms with van der Waals surface area (Å²) in [5.41, 5.74) is 2.16. The van der Waals surface area contributed by atoms with E-state index in [2.05, 4.69) is 31.4 Å². The van der Waals surface area contributed by atoms with Gasteiger partial charge in [0.05, 0.1) is 0 Å². The molecule has 2 unspecified atom stereocenters. The van der Waals surface area contributed by atoms with Crippen LogP contribution in [0.2, 0.25) is 0 Å². The fraction of sp³-hybridized carbons (Fsp3) is 0.562. The first-order valence-electron chi connectivity index (χ1n) is 7.17. The minimum Gasteiger partial charge on any atom is -0.396 e. The van der Waals surface area contributed by atoms with Crippen molar-refractivity contribution in [1.82, 2.24) is 5.32 Å².